The molecule has 0 heterocycles. The van der Waals surface area contributed by atoms with Gasteiger partial charge in [-0.3, -0.25) is 4.79 Å². The van der Waals surface area contributed by atoms with E-state index in [0.29, 0.717) is 6.08 Å². The SMILES string of the molecule is N#Cc1cccc(N=C(C=C(N)C(F)(F)F)C(=O)Nc2ccc(F)c(CO)c2)c1. The zero-order valence-corrected chi connectivity index (χ0v) is 14.7. The van der Waals surface area contributed by atoms with Crippen molar-refractivity contribution in [1.82, 2.24) is 0 Å². The Morgan fingerprint density at radius 3 is 2.62 bits per heavy atom. The van der Waals surface area contributed by atoms with Gasteiger partial charge in [-0.15, -0.1) is 0 Å². The van der Waals surface area contributed by atoms with E-state index in [9.17, 15) is 22.4 Å². The van der Waals surface area contributed by atoms with Crippen molar-refractivity contribution in [2.45, 2.75) is 12.8 Å². The number of benzene rings is 2. The number of alkyl halides is 3. The Balaban J connectivity index is 2.45. The number of nitrogens with zero attached hydrogens (tertiary/aromatic N) is 2. The highest BCUT2D eigenvalue weighted by molar-refractivity contribution is 6.47. The molecule has 0 saturated heterocycles. The molecular weight excluding hydrogens is 392 g/mol. The third kappa shape index (κ3) is 5.88. The number of halogens is 4. The van der Waals surface area contributed by atoms with Crippen LogP contribution in [0.1, 0.15) is 11.1 Å². The molecule has 0 fully saturated rings. The molecule has 0 aliphatic rings. The molecule has 0 spiro atoms. The number of aliphatic imine (C=N–C) groups is 1. The maximum absolute atomic E-state index is 13.5. The van der Waals surface area contributed by atoms with E-state index in [1.165, 1.54) is 24.3 Å². The lowest BCUT2D eigenvalue weighted by atomic mass is 10.2. The maximum Gasteiger partial charge on any atom is 0.430 e. The second-order valence-electron chi connectivity index (χ2n) is 5.68. The van der Waals surface area contributed by atoms with Crippen LogP contribution in [0.15, 0.2) is 59.2 Å². The van der Waals surface area contributed by atoms with E-state index in [1.54, 1.807) is 0 Å². The monoisotopic (exact) mass is 406 g/mol. The number of carbonyl (C=O) groups excluding carboxylic acids is 1. The molecule has 0 atom stereocenters. The highest BCUT2D eigenvalue weighted by Crippen LogP contribution is 2.23. The molecule has 6 nitrogen and oxygen atoms in total. The molecule has 2 aromatic carbocycles. The van der Waals surface area contributed by atoms with E-state index in [2.05, 4.69) is 10.3 Å². The lowest BCUT2D eigenvalue weighted by molar-refractivity contribution is -0.110. The van der Waals surface area contributed by atoms with Crippen LogP contribution in [0.4, 0.5) is 28.9 Å². The Morgan fingerprint density at radius 2 is 2.00 bits per heavy atom. The summed E-state index contributed by atoms with van der Waals surface area (Å²) in [4.78, 5) is 16.3. The van der Waals surface area contributed by atoms with Gasteiger partial charge in [0, 0.05) is 11.3 Å². The molecule has 0 aromatic heterocycles. The average Bonchev–Trinajstić information content (AvgIpc) is 2.68. The summed E-state index contributed by atoms with van der Waals surface area (Å²) in [6, 6.07) is 10.7. The van der Waals surface area contributed by atoms with Crippen LogP contribution in [0.5, 0.6) is 0 Å². The number of hydrogen-bond donors (Lipinski definition) is 3. The van der Waals surface area contributed by atoms with Gasteiger partial charge in [0.1, 0.15) is 17.2 Å². The molecule has 0 unspecified atom stereocenters. The van der Waals surface area contributed by atoms with Gasteiger partial charge in [0.2, 0.25) is 0 Å². The van der Waals surface area contributed by atoms with E-state index in [4.69, 9.17) is 16.1 Å². The van der Waals surface area contributed by atoms with Gasteiger partial charge < -0.3 is 16.2 Å². The van der Waals surface area contributed by atoms with E-state index in [1.807, 2.05) is 6.07 Å². The smallest absolute Gasteiger partial charge is 0.395 e. The van der Waals surface area contributed by atoms with Crippen LogP contribution in [0, 0.1) is 17.1 Å². The second kappa shape index (κ2) is 8.99. The number of anilines is 1. The van der Waals surface area contributed by atoms with Gasteiger partial charge >= 0.3 is 6.18 Å². The molecule has 0 radical (unpaired) electrons. The molecule has 150 valence electrons. The predicted octanol–water partition coefficient (Wildman–Crippen LogP) is 3.31. The molecule has 0 aliphatic carbocycles. The Hall–Kier alpha value is -3.71. The number of nitriles is 1. The van der Waals surface area contributed by atoms with Gasteiger partial charge in [-0.25, -0.2) is 9.38 Å². The summed E-state index contributed by atoms with van der Waals surface area (Å²) >= 11 is 0. The quantitative estimate of drug-likeness (QED) is 0.522. The normalized spacial score (nSPS) is 12.4. The minimum atomic E-state index is -4.89. The molecule has 0 aliphatic heterocycles. The van der Waals surface area contributed by atoms with Crippen molar-refractivity contribution in [3.05, 3.63) is 71.2 Å². The zero-order valence-electron chi connectivity index (χ0n) is 14.7. The topological polar surface area (TPSA) is 112 Å². The fourth-order valence-electron chi connectivity index (χ4n) is 2.13. The van der Waals surface area contributed by atoms with E-state index < -0.39 is 35.9 Å². The summed E-state index contributed by atoms with van der Waals surface area (Å²) in [6.45, 7) is -0.641. The van der Waals surface area contributed by atoms with Gasteiger partial charge in [-0.2, -0.15) is 18.4 Å². The minimum absolute atomic E-state index is 0.0258. The van der Waals surface area contributed by atoms with Crippen molar-refractivity contribution in [3.8, 4) is 6.07 Å². The van der Waals surface area contributed by atoms with Crippen LogP contribution in [0.25, 0.3) is 0 Å². The van der Waals surface area contributed by atoms with Crippen molar-refractivity contribution in [3.63, 3.8) is 0 Å². The highest BCUT2D eigenvalue weighted by atomic mass is 19.4. The second-order valence-corrected chi connectivity index (χ2v) is 5.68. The highest BCUT2D eigenvalue weighted by Gasteiger charge is 2.32. The molecule has 29 heavy (non-hydrogen) atoms. The number of aliphatic hydroxyl groups is 1. The van der Waals surface area contributed by atoms with Crippen LogP contribution in [0.2, 0.25) is 0 Å². The summed E-state index contributed by atoms with van der Waals surface area (Å²) in [5.74, 6) is -1.77. The van der Waals surface area contributed by atoms with Crippen molar-refractivity contribution in [2.75, 3.05) is 5.32 Å². The number of carbonyl (C=O) groups is 1. The Labute approximate surface area is 162 Å². The van der Waals surface area contributed by atoms with Crippen LogP contribution in [-0.4, -0.2) is 22.9 Å². The summed E-state index contributed by atoms with van der Waals surface area (Å²) in [7, 11) is 0. The zero-order chi connectivity index (χ0) is 21.6. The number of aliphatic hydroxyl groups excluding tert-OH is 1. The lowest BCUT2D eigenvalue weighted by Crippen LogP contribution is -2.26. The third-order valence-electron chi connectivity index (χ3n) is 3.55. The molecular formula is C19H14F4N4O2. The molecule has 2 aromatic rings. The first kappa shape index (κ1) is 21.6. The van der Waals surface area contributed by atoms with E-state index >= 15 is 0 Å². The Morgan fingerprint density at radius 1 is 1.28 bits per heavy atom. The van der Waals surface area contributed by atoms with Gasteiger partial charge in [-0.1, -0.05) is 6.07 Å². The summed E-state index contributed by atoms with van der Waals surface area (Å²) < 4.78 is 51.9. The van der Waals surface area contributed by atoms with Gasteiger partial charge in [-0.05, 0) is 42.5 Å². The van der Waals surface area contributed by atoms with Crippen LogP contribution < -0.4 is 11.1 Å². The fraction of sp³-hybridized carbons (Fsp3) is 0.105. The summed E-state index contributed by atoms with van der Waals surface area (Å²) in [5, 5.41) is 20.3. The molecule has 10 heteroatoms. The van der Waals surface area contributed by atoms with Crippen molar-refractivity contribution < 1.29 is 27.5 Å². The molecule has 1 amide bonds. The number of hydrogen-bond acceptors (Lipinski definition) is 5. The van der Waals surface area contributed by atoms with Gasteiger partial charge in [0.05, 0.1) is 23.9 Å². The Kier molecular flexibility index (Phi) is 6.69. The number of rotatable bonds is 5. The third-order valence-corrected chi connectivity index (χ3v) is 3.55. The Bertz CT molecular complexity index is 1020. The summed E-state index contributed by atoms with van der Waals surface area (Å²) in [6.07, 6.45) is -4.54. The maximum atomic E-state index is 13.5. The van der Waals surface area contributed by atoms with Gasteiger partial charge in [0.15, 0.2) is 0 Å². The van der Waals surface area contributed by atoms with Crippen molar-refractivity contribution in [1.29, 1.82) is 5.26 Å². The van der Waals surface area contributed by atoms with E-state index in [0.717, 1.165) is 18.2 Å². The van der Waals surface area contributed by atoms with E-state index in [-0.39, 0.29) is 22.5 Å². The minimum Gasteiger partial charge on any atom is -0.395 e. The first-order chi connectivity index (χ1) is 13.6. The van der Waals surface area contributed by atoms with Gasteiger partial charge in [0.25, 0.3) is 5.91 Å². The first-order valence-corrected chi connectivity index (χ1v) is 7.98. The fourth-order valence-corrected chi connectivity index (χ4v) is 2.13. The molecule has 4 N–H and O–H groups in total. The number of nitrogens with one attached hydrogen (secondary N) is 1. The largest absolute Gasteiger partial charge is 0.430 e. The number of allylic oxidation sites excluding steroid dienone is 1. The predicted molar refractivity (Wildman–Crippen MR) is 97.5 cm³/mol. The average molecular weight is 406 g/mol. The molecule has 0 saturated carbocycles. The van der Waals surface area contributed by atoms with Crippen LogP contribution in [0.3, 0.4) is 0 Å². The standard InChI is InChI=1S/C19H14F4N4O2/c20-15-5-4-14(7-12(15)10-28)27-18(29)16(8-17(25)19(21,22)23)26-13-3-1-2-11(6-13)9-24/h1-8,28H,10,25H2,(H,27,29). The first-order valence-electron chi connectivity index (χ1n) is 7.98. The van der Waals surface area contributed by atoms with Crippen LogP contribution >= 0.6 is 0 Å². The number of amides is 1. The summed E-state index contributed by atoms with van der Waals surface area (Å²) in [5.41, 5.74) is 2.90. The van der Waals surface area contributed by atoms with Crippen LogP contribution in [-0.2, 0) is 11.4 Å². The lowest BCUT2D eigenvalue weighted by Gasteiger charge is -2.10. The molecule has 0 bridgehead atoms. The van der Waals surface area contributed by atoms with Crippen molar-refractivity contribution in [2.24, 2.45) is 10.7 Å². The van der Waals surface area contributed by atoms with Crippen molar-refractivity contribution >= 4 is 23.0 Å². The number of nitrogens with two attached hydrogens (primary N) is 1. The molecule has 2 rings (SSSR count).